The molecule has 0 bridgehead atoms. The molecule has 1 fully saturated rings. The van der Waals surface area contributed by atoms with E-state index in [2.05, 4.69) is 10.3 Å². The molecule has 1 aliphatic rings. The van der Waals surface area contributed by atoms with Gasteiger partial charge in [-0.2, -0.15) is 4.98 Å². The van der Waals surface area contributed by atoms with Gasteiger partial charge in [0.2, 0.25) is 5.95 Å². The van der Waals surface area contributed by atoms with E-state index in [0.29, 0.717) is 28.2 Å². The van der Waals surface area contributed by atoms with Crippen molar-refractivity contribution >= 4 is 17.0 Å². The van der Waals surface area contributed by atoms with Crippen LogP contribution < -0.4 is 10.9 Å². The van der Waals surface area contributed by atoms with Gasteiger partial charge in [0.1, 0.15) is 11.6 Å². The minimum atomic E-state index is -0.521. The van der Waals surface area contributed by atoms with Crippen molar-refractivity contribution in [3.8, 4) is 16.9 Å². The lowest BCUT2D eigenvalue weighted by molar-refractivity contribution is 0.461. The number of para-hydroxylation sites is 1. The molecule has 0 amide bonds. The lowest BCUT2D eigenvalue weighted by Gasteiger charge is -2.23. The summed E-state index contributed by atoms with van der Waals surface area (Å²) in [7, 11) is 0. The van der Waals surface area contributed by atoms with Gasteiger partial charge >= 0.3 is 0 Å². The maximum atomic E-state index is 14.7. The Hall–Kier alpha value is -3.61. The topological polar surface area (TPSA) is 59.8 Å². The number of nitrogens with zero attached hydrogens (tertiary/aromatic N) is 3. The predicted molar refractivity (Wildman–Crippen MR) is 126 cm³/mol. The first-order valence-electron chi connectivity index (χ1n) is 11.2. The van der Waals surface area contributed by atoms with Crippen LogP contribution in [0.3, 0.4) is 0 Å². The van der Waals surface area contributed by atoms with Crippen LogP contribution in [0.15, 0.2) is 59.4 Å². The summed E-state index contributed by atoms with van der Waals surface area (Å²) in [6, 6.07) is 13.9. The highest BCUT2D eigenvalue weighted by molar-refractivity contribution is 5.93. The molecule has 5 rings (SSSR count). The Morgan fingerprint density at radius 3 is 2.52 bits per heavy atom. The molecule has 2 heterocycles. The predicted octanol–water partition coefficient (Wildman–Crippen LogP) is 5.78. The minimum Gasteiger partial charge on any atom is -0.351 e. The van der Waals surface area contributed by atoms with Crippen molar-refractivity contribution in [2.24, 2.45) is 0 Å². The van der Waals surface area contributed by atoms with Gasteiger partial charge in [-0.15, -0.1) is 0 Å². The lowest BCUT2D eigenvalue weighted by atomic mass is 9.96. The molecular weight excluding hydrogens is 422 g/mol. The van der Waals surface area contributed by atoms with Gasteiger partial charge in [0.05, 0.1) is 11.4 Å². The standard InChI is InChI=1S/C26H24F2N4O/c1-16-15-17(27)11-12-19(16)24-20-13-14-23(33)32(22-10-6-5-9-21(22)28)25(20)31-26(30-24)29-18-7-3-2-4-8-18/h5-6,9-15,18H,2-4,7-8H2,1H3,(H,29,30,31). The SMILES string of the molecule is Cc1cc(F)ccc1-c1nc(NC2CCCCC2)nc2c1ccc(=O)n2-c1ccccc1F. The maximum absolute atomic E-state index is 14.7. The monoisotopic (exact) mass is 446 g/mol. The van der Waals surface area contributed by atoms with E-state index >= 15 is 0 Å². The highest BCUT2D eigenvalue weighted by Crippen LogP contribution is 2.31. The fraction of sp³-hybridized carbons (Fsp3) is 0.269. The van der Waals surface area contributed by atoms with Crippen LogP contribution in [-0.4, -0.2) is 20.6 Å². The number of fused-ring (bicyclic) bond motifs is 1. The van der Waals surface area contributed by atoms with E-state index in [1.54, 1.807) is 30.3 Å². The van der Waals surface area contributed by atoms with Crippen LogP contribution in [0.1, 0.15) is 37.7 Å². The Labute approximate surface area is 190 Å². The fourth-order valence-electron chi connectivity index (χ4n) is 4.57. The number of rotatable bonds is 4. The molecule has 7 heteroatoms. The van der Waals surface area contributed by atoms with E-state index in [1.807, 2.05) is 6.92 Å². The van der Waals surface area contributed by atoms with E-state index in [4.69, 9.17) is 4.98 Å². The van der Waals surface area contributed by atoms with E-state index in [0.717, 1.165) is 31.2 Å². The summed E-state index contributed by atoms with van der Waals surface area (Å²) in [6.07, 6.45) is 5.51. The molecule has 168 valence electrons. The Kier molecular flexibility index (Phi) is 5.62. The number of aromatic nitrogens is 3. The summed E-state index contributed by atoms with van der Waals surface area (Å²) in [4.78, 5) is 22.4. The number of pyridine rings is 1. The maximum Gasteiger partial charge on any atom is 0.256 e. The fourth-order valence-corrected chi connectivity index (χ4v) is 4.57. The van der Waals surface area contributed by atoms with E-state index in [9.17, 15) is 13.6 Å². The molecule has 0 saturated heterocycles. The van der Waals surface area contributed by atoms with Crippen LogP contribution in [0.5, 0.6) is 0 Å². The lowest BCUT2D eigenvalue weighted by Crippen LogP contribution is -2.25. The van der Waals surface area contributed by atoms with Crippen molar-refractivity contribution in [3.05, 3.63) is 82.1 Å². The van der Waals surface area contributed by atoms with E-state index in [1.165, 1.54) is 35.3 Å². The zero-order chi connectivity index (χ0) is 22.9. The first-order chi connectivity index (χ1) is 16.0. The third-order valence-corrected chi connectivity index (χ3v) is 6.23. The van der Waals surface area contributed by atoms with Gasteiger partial charge in [0, 0.05) is 23.1 Å². The number of hydrogen-bond acceptors (Lipinski definition) is 4. The molecule has 2 aromatic carbocycles. The van der Waals surface area contributed by atoms with Gasteiger partial charge < -0.3 is 5.32 Å². The smallest absolute Gasteiger partial charge is 0.256 e. The molecule has 0 unspecified atom stereocenters. The quantitative estimate of drug-likeness (QED) is 0.432. The zero-order valence-corrected chi connectivity index (χ0v) is 18.3. The second-order valence-corrected chi connectivity index (χ2v) is 8.53. The summed E-state index contributed by atoms with van der Waals surface area (Å²) in [5, 5.41) is 4.01. The number of aryl methyl sites for hydroxylation is 1. The second-order valence-electron chi connectivity index (χ2n) is 8.53. The number of halogens is 2. The summed E-state index contributed by atoms with van der Waals surface area (Å²) in [5.41, 5.74) is 2.05. The largest absolute Gasteiger partial charge is 0.351 e. The molecule has 0 radical (unpaired) electrons. The van der Waals surface area contributed by atoms with E-state index in [-0.39, 0.29) is 17.5 Å². The number of hydrogen-bond donors (Lipinski definition) is 1. The number of anilines is 1. The molecule has 2 aromatic heterocycles. The molecule has 0 spiro atoms. The third kappa shape index (κ3) is 4.11. The minimum absolute atomic E-state index is 0.122. The van der Waals surface area contributed by atoms with E-state index < -0.39 is 11.4 Å². The van der Waals surface area contributed by atoms with Gasteiger partial charge in [-0.25, -0.2) is 13.8 Å². The van der Waals surface area contributed by atoms with Gasteiger partial charge in [-0.1, -0.05) is 31.4 Å². The van der Waals surface area contributed by atoms with Crippen LogP contribution in [0.25, 0.3) is 28.0 Å². The Morgan fingerprint density at radius 1 is 0.970 bits per heavy atom. The highest BCUT2D eigenvalue weighted by atomic mass is 19.1. The van der Waals surface area contributed by atoms with Gasteiger partial charge in [-0.3, -0.25) is 9.36 Å². The van der Waals surface area contributed by atoms with Gasteiger partial charge in [-0.05, 0) is 61.7 Å². The van der Waals surface area contributed by atoms with Crippen molar-refractivity contribution in [1.82, 2.24) is 14.5 Å². The Balaban J connectivity index is 1.78. The average Bonchev–Trinajstić information content (AvgIpc) is 2.80. The first kappa shape index (κ1) is 21.2. The van der Waals surface area contributed by atoms with Gasteiger partial charge in [0.15, 0.2) is 5.65 Å². The van der Waals surface area contributed by atoms with Crippen LogP contribution in [0.2, 0.25) is 0 Å². The molecule has 1 N–H and O–H groups in total. The summed E-state index contributed by atoms with van der Waals surface area (Å²) in [5.74, 6) is -0.478. The summed E-state index contributed by atoms with van der Waals surface area (Å²) < 4.78 is 29.8. The molecule has 1 saturated carbocycles. The first-order valence-corrected chi connectivity index (χ1v) is 11.2. The van der Waals surface area contributed by atoms with Crippen molar-refractivity contribution in [1.29, 1.82) is 0 Å². The zero-order valence-electron chi connectivity index (χ0n) is 18.3. The molecule has 5 nitrogen and oxygen atoms in total. The number of nitrogens with one attached hydrogen (secondary N) is 1. The molecule has 0 atom stereocenters. The van der Waals surface area contributed by atoms with Crippen LogP contribution in [-0.2, 0) is 0 Å². The Morgan fingerprint density at radius 2 is 1.76 bits per heavy atom. The summed E-state index contributed by atoms with van der Waals surface area (Å²) >= 11 is 0. The van der Waals surface area contributed by atoms with Crippen molar-refractivity contribution < 1.29 is 8.78 Å². The average molecular weight is 447 g/mol. The normalized spacial score (nSPS) is 14.5. The molecule has 1 aliphatic carbocycles. The van der Waals surface area contributed by atoms with Crippen molar-refractivity contribution in [2.45, 2.75) is 45.1 Å². The number of benzene rings is 2. The molecule has 33 heavy (non-hydrogen) atoms. The van der Waals surface area contributed by atoms with Crippen molar-refractivity contribution in [3.63, 3.8) is 0 Å². The molecule has 0 aliphatic heterocycles. The Bertz CT molecular complexity index is 1390. The highest BCUT2D eigenvalue weighted by Gasteiger charge is 2.20. The second kappa shape index (κ2) is 8.73. The van der Waals surface area contributed by atoms with Gasteiger partial charge in [0.25, 0.3) is 5.56 Å². The van der Waals surface area contributed by atoms with Crippen LogP contribution in [0.4, 0.5) is 14.7 Å². The van der Waals surface area contributed by atoms with Crippen molar-refractivity contribution in [2.75, 3.05) is 5.32 Å². The third-order valence-electron chi connectivity index (χ3n) is 6.23. The summed E-state index contributed by atoms with van der Waals surface area (Å²) in [6.45, 7) is 1.81. The van der Waals surface area contributed by atoms with Crippen LogP contribution >= 0.6 is 0 Å². The van der Waals surface area contributed by atoms with Crippen LogP contribution in [0, 0.1) is 18.6 Å². The molecular formula is C26H24F2N4O. The molecule has 4 aromatic rings.